The van der Waals surface area contributed by atoms with Gasteiger partial charge in [0.15, 0.2) is 0 Å². The molecule has 1 aromatic heterocycles. The van der Waals surface area contributed by atoms with Gasteiger partial charge in [-0.15, -0.1) is 0 Å². The molecule has 3 aromatic rings. The Labute approximate surface area is 178 Å². The Balaban J connectivity index is 1.50. The lowest BCUT2D eigenvalue weighted by atomic mass is 9.87. The number of benzene rings is 2. The number of pyridine rings is 1. The Morgan fingerprint density at radius 2 is 1.67 bits per heavy atom. The fourth-order valence-electron chi connectivity index (χ4n) is 3.02. The van der Waals surface area contributed by atoms with Crippen LogP contribution in [0.2, 0.25) is 0 Å². The lowest BCUT2D eigenvalue weighted by Crippen LogP contribution is -2.14. The number of carbonyl (C=O) groups is 1. The average Bonchev–Trinajstić information content (AvgIpc) is 2.75. The molecule has 0 fully saturated rings. The van der Waals surface area contributed by atoms with E-state index < -0.39 is 0 Å². The van der Waals surface area contributed by atoms with E-state index in [1.807, 2.05) is 48.5 Å². The van der Waals surface area contributed by atoms with Crippen LogP contribution in [0.4, 0.5) is 11.5 Å². The first kappa shape index (κ1) is 21.4. The van der Waals surface area contributed by atoms with Crippen LogP contribution in [0.3, 0.4) is 0 Å². The van der Waals surface area contributed by atoms with Crippen molar-refractivity contribution in [1.82, 2.24) is 4.98 Å². The molecule has 0 unspecified atom stereocenters. The normalized spacial score (nSPS) is 11.1. The van der Waals surface area contributed by atoms with Crippen LogP contribution in [0, 0.1) is 0 Å². The number of methoxy groups -OCH3 is 1. The number of aromatic nitrogens is 1. The third kappa shape index (κ3) is 5.83. The van der Waals surface area contributed by atoms with Gasteiger partial charge >= 0.3 is 0 Å². The maximum atomic E-state index is 12.5. The molecule has 0 aliphatic carbocycles. The largest absolute Gasteiger partial charge is 0.497 e. The molecular weight excluding hydrogens is 374 g/mol. The number of carbonyl (C=O) groups excluding carboxylic acids is 1. The van der Waals surface area contributed by atoms with Gasteiger partial charge in [-0.2, -0.15) is 0 Å². The van der Waals surface area contributed by atoms with Crippen LogP contribution in [-0.2, 0) is 11.8 Å². The fourth-order valence-corrected chi connectivity index (χ4v) is 3.02. The van der Waals surface area contributed by atoms with Gasteiger partial charge in [-0.1, -0.05) is 45.0 Å². The van der Waals surface area contributed by atoms with Crippen LogP contribution < -0.4 is 15.4 Å². The van der Waals surface area contributed by atoms with E-state index in [0.29, 0.717) is 11.3 Å². The molecule has 2 N–H and O–H groups in total. The quantitative estimate of drug-likeness (QED) is 0.562. The predicted octanol–water partition coefficient (Wildman–Crippen LogP) is 5.29. The summed E-state index contributed by atoms with van der Waals surface area (Å²) in [5.74, 6) is 1.49. The van der Waals surface area contributed by atoms with Gasteiger partial charge in [0.2, 0.25) is 0 Å². The fraction of sp³-hybridized carbons (Fsp3) is 0.280. The molecule has 0 saturated carbocycles. The van der Waals surface area contributed by atoms with Gasteiger partial charge in [-0.05, 0) is 59.4 Å². The topological polar surface area (TPSA) is 63.2 Å². The summed E-state index contributed by atoms with van der Waals surface area (Å²) < 4.78 is 5.17. The molecule has 0 bridgehead atoms. The number of rotatable bonds is 7. The molecule has 1 amide bonds. The van der Waals surface area contributed by atoms with E-state index in [9.17, 15) is 4.79 Å². The van der Waals surface area contributed by atoms with Crippen molar-refractivity contribution in [3.63, 3.8) is 0 Å². The number of anilines is 2. The summed E-state index contributed by atoms with van der Waals surface area (Å²) in [7, 11) is 1.66. The maximum Gasteiger partial charge on any atom is 0.255 e. The zero-order valence-corrected chi connectivity index (χ0v) is 18.0. The SMILES string of the molecule is COc1ccc(CCNc2ccc(NC(=O)c3ccc(C(C)(C)C)cc3)cn2)cc1. The molecule has 0 atom stereocenters. The van der Waals surface area contributed by atoms with Crippen molar-refractivity contribution >= 4 is 17.4 Å². The van der Waals surface area contributed by atoms with Crippen molar-refractivity contribution in [3.8, 4) is 5.75 Å². The molecule has 5 heteroatoms. The number of amides is 1. The molecular formula is C25H29N3O2. The molecule has 5 nitrogen and oxygen atoms in total. The van der Waals surface area contributed by atoms with E-state index in [0.717, 1.165) is 24.5 Å². The summed E-state index contributed by atoms with van der Waals surface area (Å²) in [5, 5.41) is 6.19. The molecule has 3 rings (SSSR count). The molecule has 2 aromatic carbocycles. The van der Waals surface area contributed by atoms with E-state index in [1.165, 1.54) is 11.1 Å². The average molecular weight is 404 g/mol. The van der Waals surface area contributed by atoms with E-state index in [1.54, 1.807) is 13.3 Å². The van der Waals surface area contributed by atoms with E-state index in [2.05, 4.69) is 48.5 Å². The Bertz CT molecular complexity index is 957. The Kier molecular flexibility index (Phi) is 6.72. The molecule has 30 heavy (non-hydrogen) atoms. The Hall–Kier alpha value is -3.34. The number of hydrogen-bond acceptors (Lipinski definition) is 4. The zero-order valence-electron chi connectivity index (χ0n) is 18.0. The van der Waals surface area contributed by atoms with Crippen LogP contribution in [0.25, 0.3) is 0 Å². The number of ether oxygens (including phenoxy) is 1. The summed E-state index contributed by atoms with van der Waals surface area (Å²) in [6.45, 7) is 7.23. The van der Waals surface area contributed by atoms with Gasteiger partial charge in [0.05, 0.1) is 19.0 Å². The molecule has 0 aliphatic rings. The zero-order chi connectivity index (χ0) is 21.6. The summed E-state index contributed by atoms with van der Waals surface area (Å²) in [6.07, 6.45) is 2.55. The van der Waals surface area contributed by atoms with Gasteiger partial charge in [-0.25, -0.2) is 4.98 Å². The first-order valence-corrected chi connectivity index (χ1v) is 10.1. The number of nitrogens with zero attached hydrogens (tertiary/aromatic N) is 1. The number of nitrogens with one attached hydrogen (secondary N) is 2. The van der Waals surface area contributed by atoms with Gasteiger partial charge in [-0.3, -0.25) is 4.79 Å². The third-order valence-corrected chi connectivity index (χ3v) is 4.91. The van der Waals surface area contributed by atoms with E-state index >= 15 is 0 Å². The second kappa shape index (κ2) is 9.44. The van der Waals surface area contributed by atoms with E-state index in [4.69, 9.17) is 4.74 Å². The van der Waals surface area contributed by atoms with Gasteiger partial charge in [0.25, 0.3) is 5.91 Å². The van der Waals surface area contributed by atoms with Gasteiger partial charge in [0.1, 0.15) is 11.6 Å². The third-order valence-electron chi connectivity index (χ3n) is 4.91. The van der Waals surface area contributed by atoms with E-state index in [-0.39, 0.29) is 11.3 Å². The van der Waals surface area contributed by atoms with Crippen LogP contribution in [0.1, 0.15) is 42.3 Å². The van der Waals surface area contributed by atoms with Crippen molar-refractivity contribution in [2.75, 3.05) is 24.3 Å². The predicted molar refractivity (Wildman–Crippen MR) is 123 cm³/mol. The second-order valence-corrected chi connectivity index (χ2v) is 8.24. The van der Waals surface area contributed by atoms with Crippen molar-refractivity contribution in [2.24, 2.45) is 0 Å². The molecule has 1 heterocycles. The first-order valence-electron chi connectivity index (χ1n) is 10.1. The first-order chi connectivity index (χ1) is 14.3. The van der Waals surface area contributed by atoms with Gasteiger partial charge < -0.3 is 15.4 Å². The second-order valence-electron chi connectivity index (χ2n) is 8.24. The molecule has 156 valence electrons. The van der Waals surface area contributed by atoms with Gasteiger partial charge in [0, 0.05) is 12.1 Å². The van der Waals surface area contributed by atoms with Crippen molar-refractivity contribution < 1.29 is 9.53 Å². The van der Waals surface area contributed by atoms with Crippen molar-refractivity contribution in [3.05, 3.63) is 83.6 Å². The summed E-state index contributed by atoms with van der Waals surface area (Å²) >= 11 is 0. The highest BCUT2D eigenvalue weighted by Gasteiger charge is 2.14. The van der Waals surface area contributed by atoms with Crippen LogP contribution >= 0.6 is 0 Å². The van der Waals surface area contributed by atoms with Crippen molar-refractivity contribution in [2.45, 2.75) is 32.6 Å². The molecule has 0 radical (unpaired) electrons. The lowest BCUT2D eigenvalue weighted by molar-refractivity contribution is 0.102. The lowest BCUT2D eigenvalue weighted by Gasteiger charge is -2.19. The summed E-state index contributed by atoms with van der Waals surface area (Å²) in [6, 6.07) is 19.5. The van der Waals surface area contributed by atoms with Crippen molar-refractivity contribution in [1.29, 1.82) is 0 Å². The minimum absolute atomic E-state index is 0.0646. The highest BCUT2D eigenvalue weighted by molar-refractivity contribution is 6.04. The molecule has 0 saturated heterocycles. The highest BCUT2D eigenvalue weighted by Crippen LogP contribution is 2.22. The van der Waals surface area contributed by atoms with Crippen LogP contribution in [0.5, 0.6) is 5.75 Å². The monoisotopic (exact) mass is 403 g/mol. The molecule has 0 spiro atoms. The Morgan fingerprint density at radius 1 is 0.967 bits per heavy atom. The van der Waals surface area contributed by atoms with Crippen LogP contribution in [-0.4, -0.2) is 24.5 Å². The smallest absolute Gasteiger partial charge is 0.255 e. The standard InChI is InChI=1S/C25H29N3O2/c1-25(2,3)20-9-7-19(8-10-20)24(29)28-21-11-14-23(27-17-21)26-16-15-18-5-12-22(30-4)13-6-18/h5-14,17H,15-16H2,1-4H3,(H,26,27)(H,28,29). The summed E-state index contributed by atoms with van der Waals surface area (Å²) in [5.41, 5.74) is 3.79. The molecule has 0 aliphatic heterocycles. The Morgan fingerprint density at radius 3 is 2.23 bits per heavy atom. The number of hydrogen-bond donors (Lipinski definition) is 2. The van der Waals surface area contributed by atoms with Crippen LogP contribution in [0.15, 0.2) is 66.9 Å². The maximum absolute atomic E-state index is 12.5. The minimum atomic E-state index is -0.141. The summed E-state index contributed by atoms with van der Waals surface area (Å²) in [4.78, 5) is 16.9. The minimum Gasteiger partial charge on any atom is -0.497 e. The highest BCUT2D eigenvalue weighted by atomic mass is 16.5.